The second-order valence-corrected chi connectivity index (χ2v) is 4.44. The molecule has 98 valence electrons. The van der Waals surface area contributed by atoms with E-state index in [9.17, 15) is 0 Å². The summed E-state index contributed by atoms with van der Waals surface area (Å²) in [7, 11) is 0. The van der Waals surface area contributed by atoms with Gasteiger partial charge in [0.15, 0.2) is 6.17 Å². The molecule has 0 saturated carbocycles. The van der Waals surface area contributed by atoms with Crippen LogP contribution in [0.4, 0.5) is 0 Å². The number of hydrogen-bond acceptors (Lipinski definition) is 4. The lowest BCUT2D eigenvalue weighted by Gasteiger charge is -2.14. The van der Waals surface area contributed by atoms with Crippen LogP contribution in [0.5, 0.6) is 0 Å². The molecule has 0 radical (unpaired) electrons. The number of aromatic nitrogens is 2. The quantitative estimate of drug-likeness (QED) is 0.846. The zero-order valence-electron chi connectivity index (χ0n) is 11.1. The third-order valence-electron chi connectivity index (χ3n) is 2.94. The van der Waals surface area contributed by atoms with Gasteiger partial charge in [-0.05, 0) is 31.2 Å². The van der Waals surface area contributed by atoms with E-state index in [-0.39, 0.29) is 6.17 Å². The van der Waals surface area contributed by atoms with Gasteiger partial charge in [-0.1, -0.05) is 17.9 Å². The van der Waals surface area contributed by atoms with Crippen molar-refractivity contribution in [2.24, 2.45) is 4.99 Å². The number of hydrogen-bond donors (Lipinski definition) is 1. The molecule has 20 heavy (non-hydrogen) atoms. The van der Waals surface area contributed by atoms with Crippen LogP contribution in [0.1, 0.15) is 24.5 Å². The highest BCUT2D eigenvalue weighted by Crippen LogP contribution is 2.16. The molecule has 0 spiro atoms. The standard InChI is InChI=1S/C16H14N4/c1-12-8-9-14(13-6-2-4-10-17-13)20-16(19-12)15-7-3-5-11-18-15/h2-7,9-11,16,19H,1H3. The summed E-state index contributed by atoms with van der Waals surface area (Å²) in [5.41, 5.74) is 6.60. The molecular weight excluding hydrogens is 248 g/mol. The molecule has 0 aliphatic carbocycles. The fourth-order valence-electron chi connectivity index (χ4n) is 1.96. The van der Waals surface area contributed by atoms with Gasteiger partial charge in [0, 0.05) is 18.5 Å². The molecule has 3 heterocycles. The summed E-state index contributed by atoms with van der Waals surface area (Å²) in [5.74, 6) is 0. The maximum absolute atomic E-state index is 4.71. The molecule has 1 N–H and O–H groups in total. The Morgan fingerprint density at radius 3 is 2.55 bits per heavy atom. The van der Waals surface area contributed by atoms with Crippen molar-refractivity contribution in [3.63, 3.8) is 0 Å². The molecule has 3 rings (SSSR count). The Kier molecular flexibility index (Phi) is 3.40. The van der Waals surface area contributed by atoms with Gasteiger partial charge in [0.05, 0.1) is 22.8 Å². The van der Waals surface area contributed by atoms with Gasteiger partial charge in [-0.3, -0.25) is 15.0 Å². The lowest BCUT2D eigenvalue weighted by molar-refractivity contribution is 0.613. The summed E-state index contributed by atoms with van der Waals surface area (Å²) in [6.07, 6.45) is 5.16. The van der Waals surface area contributed by atoms with E-state index in [2.05, 4.69) is 21.0 Å². The molecule has 1 aliphatic rings. The van der Waals surface area contributed by atoms with E-state index in [1.54, 1.807) is 12.4 Å². The largest absolute Gasteiger partial charge is 0.356 e. The van der Waals surface area contributed by atoms with Crippen molar-refractivity contribution in [1.82, 2.24) is 15.3 Å². The summed E-state index contributed by atoms with van der Waals surface area (Å²) in [5, 5.41) is 3.29. The van der Waals surface area contributed by atoms with E-state index in [1.807, 2.05) is 49.4 Å². The Hall–Kier alpha value is -2.71. The van der Waals surface area contributed by atoms with E-state index in [0.717, 1.165) is 22.8 Å². The zero-order valence-corrected chi connectivity index (χ0v) is 11.1. The highest BCUT2D eigenvalue weighted by molar-refractivity contribution is 6.07. The first-order chi connectivity index (χ1) is 9.83. The van der Waals surface area contributed by atoms with Crippen LogP contribution < -0.4 is 5.32 Å². The van der Waals surface area contributed by atoms with Crippen molar-refractivity contribution >= 4 is 5.71 Å². The molecule has 4 nitrogen and oxygen atoms in total. The summed E-state index contributed by atoms with van der Waals surface area (Å²) in [6, 6.07) is 11.6. The van der Waals surface area contributed by atoms with Crippen molar-refractivity contribution in [2.45, 2.75) is 13.1 Å². The van der Waals surface area contributed by atoms with Crippen LogP contribution in [0.3, 0.4) is 0 Å². The van der Waals surface area contributed by atoms with Gasteiger partial charge in [-0.25, -0.2) is 0 Å². The van der Waals surface area contributed by atoms with Crippen LogP contribution in [0, 0.1) is 0 Å². The highest BCUT2D eigenvalue weighted by atomic mass is 15.1. The first-order valence-electron chi connectivity index (χ1n) is 6.43. The van der Waals surface area contributed by atoms with E-state index in [1.165, 1.54) is 0 Å². The monoisotopic (exact) mass is 262 g/mol. The van der Waals surface area contributed by atoms with Gasteiger partial charge >= 0.3 is 0 Å². The molecule has 0 amide bonds. The molecule has 1 atom stereocenters. The summed E-state index contributed by atoms with van der Waals surface area (Å²) in [4.78, 5) is 13.4. The Morgan fingerprint density at radius 2 is 1.85 bits per heavy atom. The SMILES string of the molecule is CC1=C=CC(c2ccccn2)=NC(c2ccccn2)N1. The van der Waals surface area contributed by atoms with E-state index < -0.39 is 0 Å². The molecule has 0 saturated heterocycles. The first kappa shape index (κ1) is 12.3. The fraction of sp³-hybridized carbons (Fsp3) is 0.125. The molecular formula is C16H14N4. The first-order valence-corrected chi connectivity index (χ1v) is 6.43. The van der Waals surface area contributed by atoms with Crippen molar-refractivity contribution in [3.05, 3.63) is 77.7 Å². The molecule has 1 aliphatic heterocycles. The average molecular weight is 262 g/mol. The minimum absolute atomic E-state index is 0.223. The second-order valence-electron chi connectivity index (χ2n) is 4.44. The van der Waals surface area contributed by atoms with E-state index >= 15 is 0 Å². The molecule has 2 aromatic heterocycles. The Bertz CT molecular complexity index is 683. The topological polar surface area (TPSA) is 50.2 Å². The molecule has 2 aromatic rings. The van der Waals surface area contributed by atoms with Crippen LogP contribution in [0.25, 0.3) is 0 Å². The van der Waals surface area contributed by atoms with Crippen LogP contribution in [0.15, 0.2) is 71.3 Å². The van der Waals surface area contributed by atoms with Crippen molar-refractivity contribution < 1.29 is 0 Å². The molecule has 0 aromatic carbocycles. The van der Waals surface area contributed by atoms with E-state index in [4.69, 9.17) is 4.99 Å². The smallest absolute Gasteiger partial charge is 0.162 e. The van der Waals surface area contributed by atoms with Crippen LogP contribution in [-0.4, -0.2) is 15.7 Å². The number of pyridine rings is 2. The third-order valence-corrected chi connectivity index (χ3v) is 2.94. The Morgan fingerprint density at radius 1 is 1.05 bits per heavy atom. The lowest BCUT2D eigenvalue weighted by Crippen LogP contribution is -2.18. The number of allylic oxidation sites excluding steroid dienone is 1. The minimum Gasteiger partial charge on any atom is -0.356 e. The van der Waals surface area contributed by atoms with Gasteiger partial charge in [-0.2, -0.15) is 0 Å². The molecule has 0 fully saturated rings. The minimum atomic E-state index is -0.223. The zero-order chi connectivity index (χ0) is 13.8. The number of nitrogens with zero attached hydrogens (tertiary/aromatic N) is 3. The second kappa shape index (κ2) is 5.51. The highest BCUT2D eigenvalue weighted by Gasteiger charge is 2.14. The van der Waals surface area contributed by atoms with Crippen molar-refractivity contribution in [1.29, 1.82) is 0 Å². The predicted octanol–water partition coefficient (Wildman–Crippen LogP) is 2.63. The Labute approximate surface area is 117 Å². The molecule has 1 unspecified atom stereocenters. The maximum atomic E-state index is 4.71. The van der Waals surface area contributed by atoms with Crippen LogP contribution in [-0.2, 0) is 0 Å². The maximum Gasteiger partial charge on any atom is 0.162 e. The fourth-order valence-corrected chi connectivity index (χ4v) is 1.96. The Balaban J connectivity index is 2.04. The van der Waals surface area contributed by atoms with Gasteiger partial charge in [0.25, 0.3) is 0 Å². The number of aliphatic imine (C=N–C) groups is 1. The molecule has 4 heteroatoms. The van der Waals surface area contributed by atoms with Crippen molar-refractivity contribution in [2.75, 3.05) is 0 Å². The summed E-state index contributed by atoms with van der Waals surface area (Å²) >= 11 is 0. The summed E-state index contributed by atoms with van der Waals surface area (Å²) in [6.45, 7) is 1.96. The number of rotatable bonds is 2. The van der Waals surface area contributed by atoms with Gasteiger partial charge in [0.1, 0.15) is 0 Å². The van der Waals surface area contributed by atoms with Crippen molar-refractivity contribution in [3.8, 4) is 0 Å². The van der Waals surface area contributed by atoms with Gasteiger partial charge in [0.2, 0.25) is 0 Å². The number of nitrogens with one attached hydrogen (secondary N) is 1. The van der Waals surface area contributed by atoms with Gasteiger partial charge in [-0.15, -0.1) is 0 Å². The normalized spacial score (nSPS) is 17.8. The lowest BCUT2D eigenvalue weighted by atomic mass is 10.2. The van der Waals surface area contributed by atoms with Gasteiger partial charge < -0.3 is 5.32 Å². The predicted molar refractivity (Wildman–Crippen MR) is 78.2 cm³/mol. The van der Waals surface area contributed by atoms with Crippen LogP contribution >= 0.6 is 0 Å². The summed E-state index contributed by atoms with van der Waals surface area (Å²) < 4.78 is 0. The van der Waals surface area contributed by atoms with Crippen LogP contribution in [0.2, 0.25) is 0 Å². The van der Waals surface area contributed by atoms with E-state index in [0.29, 0.717) is 0 Å². The third kappa shape index (κ3) is 2.66. The molecule has 0 bridgehead atoms. The average Bonchev–Trinajstić information content (AvgIpc) is 2.71.